The van der Waals surface area contributed by atoms with Gasteiger partial charge in [0.15, 0.2) is 0 Å². The smallest absolute Gasteiger partial charge is 0.0368 e. The largest absolute Gasteiger partial charge is 0.378 e. The van der Waals surface area contributed by atoms with Crippen molar-refractivity contribution in [1.29, 1.82) is 0 Å². The van der Waals surface area contributed by atoms with Gasteiger partial charge in [0.25, 0.3) is 0 Å². The molecule has 0 radical (unpaired) electrons. The molecule has 0 spiro atoms. The van der Waals surface area contributed by atoms with Crippen LogP contribution in [0, 0.1) is 0 Å². The first-order valence-corrected chi connectivity index (χ1v) is 6.75. The summed E-state index contributed by atoms with van der Waals surface area (Å²) in [4.78, 5) is 4.62. The molecule has 3 nitrogen and oxygen atoms in total. The van der Waals surface area contributed by atoms with Gasteiger partial charge in [-0.3, -0.25) is 0 Å². The van der Waals surface area contributed by atoms with Gasteiger partial charge in [-0.05, 0) is 51.1 Å². The molecule has 3 heteroatoms. The highest BCUT2D eigenvalue weighted by Gasteiger charge is 2.23. The SMILES string of the molecule is CN(C)c1ccc(N2CCCNC(C)(C)C2)cc1. The van der Waals surface area contributed by atoms with Gasteiger partial charge in [0.2, 0.25) is 0 Å². The quantitative estimate of drug-likeness (QED) is 0.865. The molecule has 0 bridgehead atoms. The molecule has 1 aliphatic rings. The maximum absolute atomic E-state index is 3.60. The third-order valence-corrected chi connectivity index (χ3v) is 3.53. The van der Waals surface area contributed by atoms with Crippen molar-refractivity contribution in [3.05, 3.63) is 24.3 Å². The van der Waals surface area contributed by atoms with E-state index in [1.807, 2.05) is 0 Å². The van der Waals surface area contributed by atoms with E-state index in [1.165, 1.54) is 17.8 Å². The van der Waals surface area contributed by atoms with Gasteiger partial charge in [-0.25, -0.2) is 0 Å². The average molecular weight is 247 g/mol. The van der Waals surface area contributed by atoms with Crippen LogP contribution < -0.4 is 15.1 Å². The molecular weight excluding hydrogens is 222 g/mol. The zero-order valence-electron chi connectivity index (χ0n) is 12.0. The molecule has 1 N–H and O–H groups in total. The number of anilines is 2. The molecule has 1 heterocycles. The molecule has 18 heavy (non-hydrogen) atoms. The molecule has 0 unspecified atom stereocenters. The zero-order chi connectivity index (χ0) is 13.2. The minimum atomic E-state index is 0.191. The van der Waals surface area contributed by atoms with Crippen molar-refractivity contribution in [1.82, 2.24) is 5.32 Å². The van der Waals surface area contributed by atoms with Crippen LogP contribution in [0.5, 0.6) is 0 Å². The Balaban J connectivity index is 2.14. The molecule has 1 saturated heterocycles. The monoisotopic (exact) mass is 247 g/mol. The molecule has 1 aromatic rings. The number of nitrogens with zero attached hydrogens (tertiary/aromatic N) is 2. The number of benzene rings is 1. The summed E-state index contributed by atoms with van der Waals surface area (Å²) in [6.07, 6.45) is 1.21. The molecular formula is C15H25N3. The predicted molar refractivity (Wildman–Crippen MR) is 79.7 cm³/mol. The van der Waals surface area contributed by atoms with Crippen LogP contribution in [0.1, 0.15) is 20.3 Å². The van der Waals surface area contributed by atoms with Crippen molar-refractivity contribution >= 4 is 11.4 Å². The van der Waals surface area contributed by atoms with E-state index in [4.69, 9.17) is 0 Å². The summed E-state index contributed by atoms with van der Waals surface area (Å²) in [7, 11) is 4.15. The second-order valence-electron chi connectivity index (χ2n) is 6.00. The fraction of sp³-hybridized carbons (Fsp3) is 0.600. The Bertz CT molecular complexity index is 381. The third kappa shape index (κ3) is 3.16. The fourth-order valence-corrected chi connectivity index (χ4v) is 2.49. The molecule has 1 fully saturated rings. The van der Waals surface area contributed by atoms with Gasteiger partial charge in [0.05, 0.1) is 0 Å². The van der Waals surface area contributed by atoms with Crippen LogP contribution in [-0.2, 0) is 0 Å². The molecule has 100 valence electrons. The molecule has 0 aliphatic carbocycles. The van der Waals surface area contributed by atoms with E-state index >= 15 is 0 Å². The van der Waals surface area contributed by atoms with Crippen LogP contribution in [0.25, 0.3) is 0 Å². The van der Waals surface area contributed by atoms with Crippen LogP contribution in [0.3, 0.4) is 0 Å². The van der Waals surface area contributed by atoms with Crippen molar-refractivity contribution in [3.8, 4) is 0 Å². The summed E-state index contributed by atoms with van der Waals surface area (Å²) in [5.41, 5.74) is 2.78. The standard InChI is InChI=1S/C15H25N3/c1-15(2)12-18(11-5-10-16-15)14-8-6-13(7-9-14)17(3)4/h6-9,16H,5,10-12H2,1-4H3. The molecule has 1 aromatic carbocycles. The summed E-state index contributed by atoms with van der Waals surface area (Å²) < 4.78 is 0. The molecule has 2 rings (SSSR count). The van der Waals surface area contributed by atoms with Crippen LogP contribution >= 0.6 is 0 Å². The topological polar surface area (TPSA) is 18.5 Å². The first-order valence-electron chi connectivity index (χ1n) is 6.75. The Morgan fingerprint density at radius 3 is 2.44 bits per heavy atom. The van der Waals surface area contributed by atoms with E-state index in [9.17, 15) is 0 Å². The van der Waals surface area contributed by atoms with Gasteiger partial charge in [-0.15, -0.1) is 0 Å². The Hall–Kier alpha value is -1.22. The Labute approximate surface area is 111 Å². The predicted octanol–water partition coefficient (Wildman–Crippen LogP) is 2.33. The van der Waals surface area contributed by atoms with Crippen LogP contribution in [0.2, 0.25) is 0 Å². The molecule has 0 amide bonds. The summed E-state index contributed by atoms with van der Waals surface area (Å²) in [5, 5.41) is 3.60. The number of hydrogen-bond donors (Lipinski definition) is 1. The fourth-order valence-electron chi connectivity index (χ4n) is 2.49. The van der Waals surface area contributed by atoms with Gasteiger partial charge < -0.3 is 15.1 Å². The lowest BCUT2D eigenvalue weighted by molar-refractivity contribution is 0.416. The zero-order valence-corrected chi connectivity index (χ0v) is 12.0. The van der Waals surface area contributed by atoms with E-state index in [-0.39, 0.29) is 5.54 Å². The van der Waals surface area contributed by atoms with E-state index < -0.39 is 0 Å². The molecule has 1 aliphatic heterocycles. The lowest BCUT2D eigenvalue weighted by Crippen LogP contribution is -2.46. The number of nitrogens with one attached hydrogen (secondary N) is 1. The number of rotatable bonds is 2. The molecule has 0 saturated carbocycles. The summed E-state index contributed by atoms with van der Waals surface area (Å²) in [5.74, 6) is 0. The van der Waals surface area contributed by atoms with E-state index in [0.717, 1.165) is 19.6 Å². The van der Waals surface area contributed by atoms with Gasteiger partial charge >= 0.3 is 0 Å². The van der Waals surface area contributed by atoms with E-state index in [0.29, 0.717) is 0 Å². The first-order chi connectivity index (χ1) is 8.48. The minimum Gasteiger partial charge on any atom is -0.378 e. The number of hydrogen-bond acceptors (Lipinski definition) is 3. The summed E-state index contributed by atoms with van der Waals surface area (Å²) in [6.45, 7) is 7.87. The normalized spacial score (nSPS) is 19.4. The van der Waals surface area contributed by atoms with Crippen molar-refractivity contribution in [2.45, 2.75) is 25.8 Å². The van der Waals surface area contributed by atoms with Gasteiger partial charge in [-0.2, -0.15) is 0 Å². The highest BCUT2D eigenvalue weighted by molar-refractivity contribution is 5.56. The minimum absolute atomic E-state index is 0.191. The highest BCUT2D eigenvalue weighted by atomic mass is 15.2. The van der Waals surface area contributed by atoms with Crippen molar-refractivity contribution in [2.75, 3.05) is 43.5 Å². The average Bonchev–Trinajstić information content (AvgIpc) is 2.50. The molecule has 0 atom stereocenters. The third-order valence-electron chi connectivity index (χ3n) is 3.53. The van der Waals surface area contributed by atoms with Crippen LogP contribution in [0.4, 0.5) is 11.4 Å². The summed E-state index contributed by atoms with van der Waals surface area (Å²) >= 11 is 0. The van der Waals surface area contributed by atoms with E-state index in [1.54, 1.807) is 0 Å². The first kappa shape index (κ1) is 13.2. The Kier molecular flexibility index (Phi) is 3.81. The second kappa shape index (κ2) is 5.19. The Morgan fingerprint density at radius 1 is 1.17 bits per heavy atom. The highest BCUT2D eigenvalue weighted by Crippen LogP contribution is 2.22. The molecule has 0 aromatic heterocycles. The maximum atomic E-state index is 3.60. The summed E-state index contributed by atoms with van der Waals surface area (Å²) in [6, 6.07) is 8.86. The van der Waals surface area contributed by atoms with E-state index in [2.05, 4.69) is 67.3 Å². The maximum Gasteiger partial charge on any atom is 0.0368 e. The lowest BCUT2D eigenvalue weighted by atomic mass is 10.1. The van der Waals surface area contributed by atoms with Gasteiger partial charge in [0, 0.05) is 44.1 Å². The Morgan fingerprint density at radius 2 is 1.83 bits per heavy atom. The second-order valence-corrected chi connectivity index (χ2v) is 6.00. The van der Waals surface area contributed by atoms with Gasteiger partial charge in [0.1, 0.15) is 0 Å². The lowest BCUT2D eigenvalue weighted by Gasteiger charge is -2.31. The van der Waals surface area contributed by atoms with Crippen molar-refractivity contribution in [2.24, 2.45) is 0 Å². The van der Waals surface area contributed by atoms with Crippen LogP contribution in [-0.4, -0.2) is 39.3 Å². The van der Waals surface area contributed by atoms with Gasteiger partial charge in [-0.1, -0.05) is 0 Å². The van der Waals surface area contributed by atoms with Crippen LogP contribution in [0.15, 0.2) is 24.3 Å². The van der Waals surface area contributed by atoms with Crippen molar-refractivity contribution in [3.63, 3.8) is 0 Å². The van der Waals surface area contributed by atoms with Crippen molar-refractivity contribution < 1.29 is 0 Å².